The van der Waals surface area contributed by atoms with Crippen molar-refractivity contribution in [1.82, 2.24) is 15.8 Å². The highest BCUT2D eigenvalue weighted by atomic mass is 16.5. The van der Waals surface area contributed by atoms with Gasteiger partial charge in [0.2, 0.25) is 0 Å². The molecule has 2 rings (SSSR count). The van der Waals surface area contributed by atoms with Gasteiger partial charge in [-0.15, -0.1) is 0 Å². The second kappa shape index (κ2) is 6.91. The van der Waals surface area contributed by atoms with Gasteiger partial charge >= 0.3 is 0 Å². The van der Waals surface area contributed by atoms with Gasteiger partial charge in [-0.3, -0.25) is 20.4 Å². The van der Waals surface area contributed by atoms with E-state index in [2.05, 4.69) is 10.9 Å². The van der Waals surface area contributed by atoms with E-state index in [0.29, 0.717) is 11.3 Å². The largest absolute Gasteiger partial charge is 0.496 e. The molecule has 22 heavy (non-hydrogen) atoms. The number of carbonyl (C=O) groups excluding carboxylic acids is 2. The lowest BCUT2D eigenvalue weighted by Gasteiger charge is -2.13. The quantitative estimate of drug-likeness (QED) is 0.832. The Morgan fingerprint density at radius 2 is 1.73 bits per heavy atom. The van der Waals surface area contributed by atoms with E-state index < -0.39 is 5.91 Å². The van der Waals surface area contributed by atoms with Crippen LogP contribution in [0.1, 0.15) is 10.4 Å². The molecule has 0 aliphatic rings. The van der Waals surface area contributed by atoms with Crippen LogP contribution < -0.4 is 15.6 Å². The Balaban J connectivity index is 2.18. The van der Waals surface area contributed by atoms with Gasteiger partial charge in [0.25, 0.3) is 11.8 Å². The monoisotopic (exact) mass is 301 g/mol. The van der Waals surface area contributed by atoms with Crippen molar-refractivity contribution in [2.45, 2.75) is 0 Å². The number of hydrazine groups is 1. The predicted octanol–water partition coefficient (Wildman–Crippen LogP) is 1.17. The summed E-state index contributed by atoms with van der Waals surface area (Å²) in [5, 5.41) is 1.90. The lowest BCUT2D eigenvalue weighted by atomic mass is 10.1. The normalized spacial score (nSPS) is 10.5. The SMILES string of the molecule is COc1cc2ccccc2cc1C(=O)NNC(=O)CN(C)C. The molecule has 0 aliphatic carbocycles. The Morgan fingerprint density at radius 1 is 1.09 bits per heavy atom. The van der Waals surface area contributed by atoms with Crippen molar-refractivity contribution < 1.29 is 14.3 Å². The van der Waals surface area contributed by atoms with Crippen molar-refractivity contribution in [3.63, 3.8) is 0 Å². The van der Waals surface area contributed by atoms with Crippen LogP contribution in [-0.4, -0.2) is 44.5 Å². The van der Waals surface area contributed by atoms with E-state index in [1.54, 1.807) is 31.1 Å². The van der Waals surface area contributed by atoms with Crippen LogP contribution in [0.5, 0.6) is 5.75 Å². The summed E-state index contributed by atoms with van der Waals surface area (Å²) >= 11 is 0. The zero-order valence-electron chi connectivity index (χ0n) is 12.8. The van der Waals surface area contributed by atoms with Crippen LogP contribution >= 0.6 is 0 Å². The minimum Gasteiger partial charge on any atom is -0.496 e. The summed E-state index contributed by atoms with van der Waals surface area (Å²) in [6, 6.07) is 11.2. The van der Waals surface area contributed by atoms with Gasteiger partial charge in [-0.05, 0) is 37.0 Å². The molecule has 0 aliphatic heterocycles. The summed E-state index contributed by atoms with van der Waals surface area (Å²) < 4.78 is 5.26. The molecule has 0 atom stereocenters. The molecule has 6 heteroatoms. The Hall–Kier alpha value is -2.60. The Kier molecular flexibility index (Phi) is 4.95. The van der Waals surface area contributed by atoms with E-state index in [4.69, 9.17) is 4.74 Å². The van der Waals surface area contributed by atoms with E-state index in [1.807, 2.05) is 24.3 Å². The fourth-order valence-electron chi connectivity index (χ4n) is 2.09. The zero-order valence-corrected chi connectivity index (χ0v) is 12.8. The van der Waals surface area contributed by atoms with Gasteiger partial charge < -0.3 is 9.64 Å². The highest BCUT2D eigenvalue weighted by Crippen LogP contribution is 2.25. The number of methoxy groups -OCH3 is 1. The molecular weight excluding hydrogens is 282 g/mol. The first kappa shape index (κ1) is 15.8. The third kappa shape index (κ3) is 3.73. The molecule has 2 amide bonds. The lowest BCUT2D eigenvalue weighted by molar-refractivity contribution is -0.122. The lowest BCUT2D eigenvalue weighted by Crippen LogP contribution is -2.45. The number of likely N-dealkylation sites (N-methyl/N-ethyl adjacent to an activating group) is 1. The van der Waals surface area contributed by atoms with Gasteiger partial charge in [-0.1, -0.05) is 24.3 Å². The molecule has 0 aromatic heterocycles. The summed E-state index contributed by atoms with van der Waals surface area (Å²) in [5.74, 6) is -0.258. The first-order valence-corrected chi connectivity index (χ1v) is 6.82. The van der Waals surface area contributed by atoms with Crippen LogP contribution in [0.25, 0.3) is 10.8 Å². The van der Waals surface area contributed by atoms with Gasteiger partial charge in [0.15, 0.2) is 0 Å². The minimum atomic E-state index is -0.422. The molecule has 2 aromatic carbocycles. The summed E-state index contributed by atoms with van der Waals surface area (Å²) in [4.78, 5) is 25.5. The molecule has 0 bridgehead atoms. The number of nitrogens with one attached hydrogen (secondary N) is 2. The van der Waals surface area contributed by atoms with Crippen molar-refractivity contribution in [2.24, 2.45) is 0 Å². The van der Waals surface area contributed by atoms with Crippen LogP contribution in [0, 0.1) is 0 Å². The van der Waals surface area contributed by atoms with Crippen molar-refractivity contribution in [3.05, 3.63) is 42.0 Å². The van der Waals surface area contributed by atoms with E-state index in [-0.39, 0.29) is 12.5 Å². The van der Waals surface area contributed by atoms with Crippen LogP contribution in [0.4, 0.5) is 0 Å². The number of benzene rings is 2. The number of nitrogens with zero attached hydrogens (tertiary/aromatic N) is 1. The highest BCUT2D eigenvalue weighted by molar-refractivity contribution is 6.02. The highest BCUT2D eigenvalue weighted by Gasteiger charge is 2.14. The maximum absolute atomic E-state index is 12.2. The van der Waals surface area contributed by atoms with Crippen LogP contribution in [0.2, 0.25) is 0 Å². The van der Waals surface area contributed by atoms with E-state index in [1.165, 1.54) is 7.11 Å². The number of rotatable bonds is 4. The molecule has 0 fully saturated rings. The minimum absolute atomic E-state index is 0.190. The predicted molar refractivity (Wildman–Crippen MR) is 84.7 cm³/mol. The Labute approximate surface area is 129 Å². The third-order valence-electron chi connectivity index (χ3n) is 3.09. The van der Waals surface area contributed by atoms with Gasteiger partial charge in [-0.25, -0.2) is 0 Å². The molecule has 116 valence electrons. The topological polar surface area (TPSA) is 70.7 Å². The molecule has 2 aromatic rings. The average Bonchev–Trinajstić information content (AvgIpc) is 2.50. The molecule has 0 radical (unpaired) electrons. The molecule has 0 saturated carbocycles. The fraction of sp³-hybridized carbons (Fsp3) is 0.250. The molecule has 0 heterocycles. The smallest absolute Gasteiger partial charge is 0.273 e. The number of amides is 2. The first-order chi connectivity index (χ1) is 10.5. The van der Waals surface area contributed by atoms with Crippen molar-refractivity contribution in [1.29, 1.82) is 0 Å². The van der Waals surface area contributed by atoms with Crippen LogP contribution in [0.3, 0.4) is 0 Å². The van der Waals surface area contributed by atoms with E-state index in [9.17, 15) is 9.59 Å². The number of ether oxygens (including phenoxy) is 1. The molecular formula is C16H19N3O3. The molecule has 2 N–H and O–H groups in total. The Bertz CT molecular complexity index is 698. The number of hydrogen-bond donors (Lipinski definition) is 2. The van der Waals surface area contributed by atoms with Crippen molar-refractivity contribution in [2.75, 3.05) is 27.7 Å². The third-order valence-corrected chi connectivity index (χ3v) is 3.09. The van der Waals surface area contributed by atoms with Gasteiger partial charge in [-0.2, -0.15) is 0 Å². The fourth-order valence-corrected chi connectivity index (χ4v) is 2.09. The first-order valence-electron chi connectivity index (χ1n) is 6.82. The maximum Gasteiger partial charge on any atom is 0.273 e. The molecule has 0 unspecified atom stereocenters. The maximum atomic E-state index is 12.2. The van der Waals surface area contributed by atoms with Crippen molar-refractivity contribution in [3.8, 4) is 5.75 Å². The number of fused-ring (bicyclic) bond motifs is 1. The van der Waals surface area contributed by atoms with Crippen LogP contribution in [-0.2, 0) is 4.79 Å². The van der Waals surface area contributed by atoms with E-state index >= 15 is 0 Å². The standard InChI is InChI=1S/C16H19N3O3/c1-19(2)10-15(20)17-18-16(21)13-8-11-6-4-5-7-12(11)9-14(13)22-3/h4-9H,10H2,1-3H3,(H,17,20)(H,18,21). The molecule has 0 saturated heterocycles. The van der Waals surface area contributed by atoms with Crippen LogP contribution in [0.15, 0.2) is 36.4 Å². The van der Waals surface area contributed by atoms with Crippen molar-refractivity contribution >= 4 is 22.6 Å². The molecule has 0 spiro atoms. The summed E-state index contributed by atoms with van der Waals surface area (Å²) in [6.45, 7) is 0.190. The summed E-state index contributed by atoms with van der Waals surface area (Å²) in [7, 11) is 5.05. The summed E-state index contributed by atoms with van der Waals surface area (Å²) in [6.07, 6.45) is 0. The van der Waals surface area contributed by atoms with Gasteiger partial charge in [0.1, 0.15) is 5.75 Å². The van der Waals surface area contributed by atoms with Gasteiger partial charge in [0, 0.05) is 0 Å². The Morgan fingerprint density at radius 3 is 2.32 bits per heavy atom. The van der Waals surface area contributed by atoms with E-state index in [0.717, 1.165) is 10.8 Å². The number of carbonyl (C=O) groups is 2. The molecule has 6 nitrogen and oxygen atoms in total. The second-order valence-electron chi connectivity index (χ2n) is 5.14. The average molecular weight is 301 g/mol. The van der Waals surface area contributed by atoms with Gasteiger partial charge in [0.05, 0.1) is 19.2 Å². The summed E-state index contributed by atoms with van der Waals surface area (Å²) in [5.41, 5.74) is 5.14. The second-order valence-corrected chi connectivity index (χ2v) is 5.14. The number of hydrogen-bond acceptors (Lipinski definition) is 4. The zero-order chi connectivity index (χ0) is 16.1.